The normalized spacial score (nSPS) is 10.6. The molecule has 0 radical (unpaired) electrons. The maximum Gasteiger partial charge on any atom is 0.303 e. The number of unbranched alkanes of at least 4 members (excludes halogenated alkanes) is 2. The van der Waals surface area contributed by atoms with Gasteiger partial charge in [0.25, 0.3) is 0 Å². The van der Waals surface area contributed by atoms with Crippen LogP contribution >= 0.6 is 0 Å². The van der Waals surface area contributed by atoms with Crippen LogP contribution in [0.5, 0.6) is 0 Å². The molecule has 80 valence electrons. The van der Waals surface area contributed by atoms with Gasteiger partial charge in [-0.3, -0.25) is 9.59 Å². The summed E-state index contributed by atoms with van der Waals surface area (Å²) in [6, 6.07) is 0. The van der Waals surface area contributed by atoms with Crippen molar-refractivity contribution in [2.75, 3.05) is 0 Å². The van der Waals surface area contributed by atoms with Crippen molar-refractivity contribution in [1.29, 1.82) is 0 Å². The molecule has 0 spiro atoms. The van der Waals surface area contributed by atoms with Gasteiger partial charge < -0.3 is 10.2 Å². The first-order valence-corrected chi connectivity index (χ1v) is 4.71. The molecule has 2 N–H and O–H groups in total. The molecule has 0 rings (SSSR count). The summed E-state index contributed by atoms with van der Waals surface area (Å²) in [5.74, 6) is -1.55. The number of hydrogen-bond donors (Lipinski definition) is 2. The van der Waals surface area contributed by atoms with E-state index >= 15 is 0 Å². The predicted octanol–water partition coefficient (Wildman–Crippen LogP) is 2.05. The second-order valence-corrected chi connectivity index (χ2v) is 3.04. The van der Waals surface area contributed by atoms with E-state index in [1.165, 1.54) is 0 Å². The highest BCUT2D eigenvalue weighted by atomic mass is 16.4. The van der Waals surface area contributed by atoms with Crippen LogP contribution in [-0.2, 0) is 9.59 Å². The van der Waals surface area contributed by atoms with Crippen molar-refractivity contribution in [2.24, 2.45) is 0 Å². The Morgan fingerprint density at radius 3 is 1.50 bits per heavy atom. The van der Waals surface area contributed by atoms with E-state index in [-0.39, 0.29) is 12.8 Å². The van der Waals surface area contributed by atoms with Crippen molar-refractivity contribution < 1.29 is 19.8 Å². The number of rotatable bonds is 8. The zero-order valence-corrected chi connectivity index (χ0v) is 8.11. The van der Waals surface area contributed by atoms with Gasteiger partial charge in [-0.05, 0) is 25.7 Å². The molecule has 14 heavy (non-hydrogen) atoms. The number of carboxylic acids is 2. The molecule has 0 atom stereocenters. The summed E-state index contributed by atoms with van der Waals surface area (Å²) in [4.78, 5) is 20.2. The molecular weight excluding hydrogens is 184 g/mol. The Morgan fingerprint density at radius 2 is 1.21 bits per heavy atom. The highest BCUT2D eigenvalue weighted by Gasteiger charge is 1.94. The van der Waals surface area contributed by atoms with Crippen molar-refractivity contribution in [2.45, 2.75) is 38.5 Å². The largest absolute Gasteiger partial charge is 0.481 e. The molecule has 0 saturated heterocycles. The number of carboxylic acid groups (broad SMARTS) is 2. The Labute approximate surface area is 83.2 Å². The minimum Gasteiger partial charge on any atom is -0.481 e. The third kappa shape index (κ3) is 10.7. The van der Waals surface area contributed by atoms with Crippen LogP contribution in [0, 0.1) is 0 Å². The second-order valence-electron chi connectivity index (χ2n) is 3.04. The van der Waals surface area contributed by atoms with Crippen molar-refractivity contribution in [3.8, 4) is 0 Å². The summed E-state index contributed by atoms with van der Waals surface area (Å²) in [5, 5.41) is 16.7. The molecule has 0 heterocycles. The number of aliphatic carboxylic acids is 2. The predicted molar refractivity (Wildman–Crippen MR) is 52.1 cm³/mol. The smallest absolute Gasteiger partial charge is 0.303 e. The van der Waals surface area contributed by atoms with Crippen LogP contribution in [0.3, 0.4) is 0 Å². The molecule has 4 nitrogen and oxygen atoms in total. The molecule has 0 fully saturated rings. The molecule has 4 heteroatoms. The number of hydrogen-bond acceptors (Lipinski definition) is 2. The lowest BCUT2D eigenvalue weighted by molar-refractivity contribution is -0.138. The minimum absolute atomic E-state index is 0.194. The zero-order valence-electron chi connectivity index (χ0n) is 8.11. The highest BCUT2D eigenvalue weighted by Crippen LogP contribution is 2.00. The van der Waals surface area contributed by atoms with E-state index in [9.17, 15) is 9.59 Å². The summed E-state index contributed by atoms with van der Waals surface area (Å²) < 4.78 is 0. The van der Waals surface area contributed by atoms with E-state index in [1.54, 1.807) is 0 Å². The molecule has 0 saturated carbocycles. The molecule has 0 bridgehead atoms. The van der Waals surface area contributed by atoms with Crippen LogP contribution in [-0.4, -0.2) is 22.2 Å². The van der Waals surface area contributed by atoms with E-state index in [4.69, 9.17) is 10.2 Å². The third-order valence-corrected chi connectivity index (χ3v) is 1.69. The molecular formula is C10H16O4. The van der Waals surface area contributed by atoms with E-state index in [2.05, 4.69) is 0 Å². The number of allylic oxidation sites excluding steroid dienone is 2. The Kier molecular flexibility index (Phi) is 7.50. The first-order chi connectivity index (χ1) is 6.63. The van der Waals surface area contributed by atoms with Gasteiger partial charge in [0, 0.05) is 12.8 Å². The Balaban J connectivity index is 3.19. The van der Waals surface area contributed by atoms with Crippen molar-refractivity contribution in [1.82, 2.24) is 0 Å². The van der Waals surface area contributed by atoms with Gasteiger partial charge >= 0.3 is 11.9 Å². The lowest BCUT2D eigenvalue weighted by Gasteiger charge is -1.92. The Morgan fingerprint density at radius 1 is 0.857 bits per heavy atom. The quantitative estimate of drug-likeness (QED) is 0.464. The maximum atomic E-state index is 10.1. The van der Waals surface area contributed by atoms with Gasteiger partial charge in [0.1, 0.15) is 0 Å². The summed E-state index contributed by atoms with van der Waals surface area (Å²) in [6.45, 7) is 0. The van der Waals surface area contributed by atoms with E-state index in [0.717, 1.165) is 12.8 Å². The van der Waals surface area contributed by atoms with Crippen LogP contribution in [0.2, 0.25) is 0 Å². The summed E-state index contributed by atoms with van der Waals surface area (Å²) in [6.07, 6.45) is 6.99. The van der Waals surface area contributed by atoms with E-state index in [1.807, 2.05) is 12.2 Å². The average molecular weight is 200 g/mol. The molecule has 0 aliphatic heterocycles. The van der Waals surface area contributed by atoms with Gasteiger partial charge in [0.2, 0.25) is 0 Å². The Bertz CT molecular complexity index is 186. The minimum atomic E-state index is -0.774. The summed E-state index contributed by atoms with van der Waals surface area (Å²) >= 11 is 0. The van der Waals surface area contributed by atoms with Gasteiger partial charge in [0.05, 0.1) is 0 Å². The first-order valence-electron chi connectivity index (χ1n) is 4.71. The fourth-order valence-electron chi connectivity index (χ4n) is 0.978. The summed E-state index contributed by atoms with van der Waals surface area (Å²) in [7, 11) is 0. The van der Waals surface area contributed by atoms with Crippen LogP contribution < -0.4 is 0 Å². The monoisotopic (exact) mass is 200 g/mol. The lowest BCUT2D eigenvalue weighted by Crippen LogP contribution is -1.93. The highest BCUT2D eigenvalue weighted by molar-refractivity contribution is 5.66. The average Bonchev–Trinajstić information content (AvgIpc) is 2.08. The molecule has 0 unspecified atom stereocenters. The van der Waals surface area contributed by atoms with Gasteiger partial charge in [-0.15, -0.1) is 0 Å². The maximum absolute atomic E-state index is 10.1. The third-order valence-electron chi connectivity index (χ3n) is 1.69. The Hall–Kier alpha value is -1.32. The van der Waals surface area contributed by atoms with Crippen LogP contribution in [0.25, 0.3) is 0 Å². The fourth-order valence-corrected chi connectivity index (χ4v) is 0.978. The zero-order chi connectivity index (χ0) is 10.8. The van der Waals surface area contributed by atoms with E-state index < -0.39 is 11.9 Å². The molecule has 0 aliphatic rings. The van der Waals surface area contributed by atoms with Gasteiger partial charge in [0.15, 0.2) is 0 Å². The first kappa shape index (κ1) is 12.7. The van der Waals surface area contributed by atoms with E-state index in [0.29, 0.717) is 12.8 Å². The molecule has 0 aromatic heterocycles. The van der Waals surface area contributed by atoms with Gasteiger partial charge in [-0.25, -0.2) is 0 Å². The number of carbonyl (C=O) groups is 2. The fraction of sp³-hybridized carbons (Fsp3) is 0.600. The van der Waals surface area contributed by atoms with Crippen molar-refractivity contribution in [3.63, 3.8) is 0 Å². The molecule has 0 aromatic carbocycles. The standard InChI is InChI=1S/C10H16O4/c11-9(12)7-5-3-1-2-4-6-8-10(13)14/h1-2H,3-8H2,(H,11,12)(H,13,14). The summed E-state index contributed by atoms with van der Waals surface area (Å²) in [5.41, 5.74) is 0. The van der Waals surface area contributed by atoms with Gasteiger partial charge in [-0.2, -0.15) is 0 Å². The SMILES string of the molecule is O=C(O)CCCC=CCCCC(=O)O. The van der Waals surface area contributed by atoms with Crippen LogP contribution in [0.1, 0.15) is 38.5 Å². The van der Waals surface area contributed by atoms with Crippen molar-refractivity contribution >= 4 is 11.9 Å². The molecule has 0 aromatic rings. The second kappa shape index (κ2) is 8.29. The van der Waals surface area contributed by atoms with Gasteiger partial charge in [-0.1, -0.05) is 12.2 Å². The van der Waals surface area contributed by atoms with Crippen LogP contribution in [0.4, 0.5) is 0 Å². The molecule has 0 amide bonds. The molecule has 0 aliphatic carbocycles. The lowest BCUT2D eigenvalue weighted by atomic mass is 10.2. The van der Waals surface area contributed by atoms with Crippen molar-refractivity contribution in [3.05, 3.63) is 12.2 Å². The van der Waals surface area contributed by atoms with Crippen LogP contribution in [0.15, 0.2) is 12.2 Å². The topological polar surface area (TPSA) is 74.6 Å².